The lowest BCUT2D eigenvalue weighted by molar-refractivity contribution is -0.127. The van der Waals surface area contributed by atoms with E-state index in [4.69, 9.17) is 0 Å². The number of hydrogen-bond donors (Lipinski definition) is 0. The SMILES string of the molecule is CC1=NN(c2ncc(Br)cn2)C(=O)C12CCC2. The third kappa shape index (κ3) is 1.43. The highest BCUT2D eigenvalue weighted by Crippen LogP contribution is 2.47. The van der Waals surface area contributed by atoms with Crippen molar-refractivity contribution < 1.29 is 4.79 Å². The van der Waals surface area contributed by atoms with Crippen LogP contribution in [-0.4, -0.2) is 21.6 Å². The second kappa shape index (κ2) is 3.60. The second-order valence-electron chi connectivity index (χ2n) is 4.44. The summed E-state index contributed by atoms with van der Waals surface area (Å²) in [5.41, 5.74) is 0.538. The van der Waals surface area contributed by atoms with Crippen LogP contribution in [0.3, 0.4) is 0 Å². The lowest BCUT2D eigenvalue weighted by Crippen LogP contribution is -2.44. The zero-order valence-electron chi connectivity index (χ0n) is 9.35. The molecule has 6 heteroatoms. The molecule has 88 valence electrons. The standard InChI is InChI=1S/C11H11BrN4O/c1-7-11(3-2-4-11)9(17)16(15-7)10-13-5-8(12)6-14-10/h5-6H,2-4H2,1H3. The van der Waals surface area contributed by atoms with E-state index in [1.165, 1.54) is 5.01 Å². The van der Waals surface area contributed by atoms with Gasteiger partial charge in [-0.15, -0.1) is 0 Å². The average Bonchev–Trinajstić information content (AvgIpc) is 2.51. The molecule has 0 saturated heterocycles. The molecule has 1 saturated carbocycles. The van der Waals surface area contributed by atoms with Crippen molar-refractivity contribution in [2.24, 2.45) is 10.5 Å². The van der Waals surface area contributed by atoms with E-state index < -0.39 is 0 Å². The summed E-state index contributed by atoms with van der Waals surface area (Å²) in [4.78, 5) is 20.5. The van der Waals surface area contributed by atoms with E-state index in [2.05, 4.69) is 31.0 Å². The number of hydrogen-bond acceptors (Lipinski definition) is 4. The molecule has 0 N–H and O–H groups in total. The van der Waals surface area contributed by atoms with E-state index in [9.17, 15) is 4.79 Å². The van der Waals surface area contributed by atoms with Gasteiger partial charge in [0.15, 0.2) is 0 Å². The summed E-state index contributed by atoms with van der Waals surface area (Å²) < 4.78 is 0.784. The topological polar surface area (TPSA) is 58.5 Å². The summed E-state index contributed by atoms with van der Waals surface area (Å²) in [6.07, 6.45) is 6.12. The van der Waals surface area contributed by atoms with Gasteiger partial charge in [-0.2, -0.15) is 10.1 Å². The van der Waals surface area contributed by atoms with Gasteiger partial charge in [-0.25, -0.2) is 9.97 Å². The van der Waals surface area contributed by atoms with E-state index in [0.29, 0.717) is 5.95 Å². The van der Waals surface area contributed by atoms with Crippen molar-refractivity contribution in [3.05, 3.63) is 16.9 Å². The first-order valence-electron chi connectivity index (χ1n) is 5.51. The minimum atomic E-state index is -0.351. The highest BCUT2D eigenvalue weighted by molar-refractivity contribution is 9.10. The fourth-order valence-electron chi connectivity index (χ4n) is 2.30. The van der Waals surface area contributed by atoms with Crippen LogP contribution >= 0.6 is 15.9 Å². The minimum absolute atomic E-state index is 0.0172. The van der Waals surface area contributed by atoms with Gasteiger partial charge in [0.1, 0.15) is 0 Å². The first-order valence-corrected chi connectivity index (χ1v) is 6.30. The molecule has 5 nitrogen and oxygen atoms in total. The van der Waals surface area contributed by atoms with Crippen molar-refractivity contribution in [3.63, 3.8) is 0 Å². The molecule has 2 aliphatic rings. The van der Waals surface area contributed by atoms with Gasteiger partial charge in [0.05, 0.1) is 15.6 Å². The summed E-state index contributed by atoms with van der Waals surface area (Å²) >= 11 is 3.26. The number of aromatic nitrogens is 2. The molecule has 1 amide bonds. The summed E-state index contributed by atoms with van der Waals surface area (Å²) in [7, 11) is 0. The van der Waals surface area contributed by atoms with Crippen molar-refractivity contribution in [3.8, 4) is 0 Å². The molecule has 1 aliphatic heterocycles. The fourth-order valence-corrected chi connectivity index (χ4v) is 2.51. The Kier molecular flexibility index (Phi) is 2.29. The molecular weight excluding hydrogens is 284 g/mol. The third-order valence-corrected chi connectivity index (χ3v) is 3.96. The molecule has 0 aromatic carbocycles. The highest BCUT2D eigenvalue weighted by atomic mass is 79.9. The molecule has 1 fully saturated rings. The minimum Gasteiger partial charge on any atom is -0.271 e. The van der Waals surface area contributed by atoms with Gasteiger partial charge in [0.2, 0.25) is 0 Å². The number of carbonyl (C=O) groups excluding carboxylic acids is 1. The Morgan fingerprint density at radius 1 is 1.35 bits per heavy atom. The maximum atomic E-state index is 12.3. The van der Waals surface area contributed by atoms with E-state index in [-0.39, 0.29) is 11.3 Å². The van der Waals surface area contributed by atoms with Gasteiger partial charge in [0.25, 0.3) is 11.9 Å². The highest BCUT2D eigenvalue weighted by Gasteiger charge is 2.53. The number of hydrazone groups is 1. The lowest BCUT2D eigenvalue weighted by atomic mass is 9.66. The number of rotatable bonds is 1. The smallest absolute Gasteiger partial charge is 0.262 e. The van der Waals surface area contributed by atoms with Gasteiger partial charge in [-0.1, -0.05) is 6.42 Å². The zero-order chi connectivity index (χ0) is 12.0. The molecule has 0 radical (unpaired) electrons. The molecule has 1 aliphatic carbocycles. The quantitative estimate of drug-likeness (QED) is 0.797. The third-order valence-electron chi connectivity index (χ3n) is 3.55. The molecule has 1 aromatic heterocycles. The van der Waals surface area contributed by atoms with Crippen LogP contribution in [0, 0.1) is 5.41 Å². The number of anilines is 1. The van der Waals surface area contributed by atoms with Gasteiger partial charge in [-0.3, -0.25) is 4.79 Å². The van der Waals surface area contributed by atoms with Crippen LogP contribution in [0.4, 0.5) is 5.95 Å². The first kappa shape index (κ1) is 10.8. The molecule has 0 unspecified atom stereocenters. The molecule has 0 atom stereocenters. The Hall–Kier alpha value is -1.30. The number of nitrogens with zero attached hydrogens (tertiary/aromatic N) is 4. The molecule has 1 spiro atoms. The van der Waals surface area contributed by atoms with Gasteiger partial charge in [-0.05, 0) is 35.7 Å². The predicted molar refractivity (Wildman–Crippen MR) is 66.6 cm³/mol. The summed E-state index contributed by atoms with van der Waals surface area (Å²) in [6, 6.07) is 0. The van der Waals surface area contributed by atoms with Crippen LogP contribution in [0.1, 0.15) is 26.2 Å². The van der Waals surface area contributed by atoms with Crippen LogP contribution in [0.25, 0.3) is 0 Å². The van der Waals surface area contributed by atoms with Gasteiger partial charge in [0, 0.05) is 12.4 Å². The van der Waals surface area contributed by atoms with E-state index in [1.807, 2.05) is 6.92 Å². The largest absolute Gasteiger partial charge is 0.271 e. The normalized spacial score (nSPS) is 21.6. The second-order valence-corrected chi connectivity index (χ2v) is 5.35. The van der Waals surface area contributed by atoms with Gasteiger partial charge < -0.3 is 0 Å². The van der Waals surface area contributed by atoms with Crippen LogP contribution in [0.2, 0.25) is 0 Å². The van der Waals surface area contributed by atoms with Crippen molar-refractivity contribution in [1.29, 1.82) is 0 Å². The van der Waals surface area contributed by atoms with Crippen molar-refractivity contribution in [1.82, 2.24) is 9.97 Å². The van der Waals surface area contributed by atoms with Crippen LogP contribution in [0.15, 0.2) is 22.0 Å². The van der Waals surface area contributed by atoms with Crippen LogP contribution in [-0.2, 0) is 4.79 Å². The van der Waals surface area contributed by atoms with Gasteiger partial charge >= 0.3 is 0 Å². The number of halogens is 1. The Morgan fingerprint density at radius 3 is 2.47 bits per heavy atom. The monoisotopic (exact) mass is 294 g/mol. The molecule has 17 heavy (non-hydrogen) atoms. The molecule has 1 aromatic rings. The Balaban J connectivity index is 1.96. The van der Waals surface area contributed by atoms with E-state index in [0.717, 1.165) is 29.4 Å². The molecule has 0 bridgehead atoms. The lowest BCUT2D eigenvalue weighted by Gasteiger charge is -2.35. The fraction of sp³-hybridized carbons (Fsp3) is 0.455. The summed E-state index contributed by atoms with van der Waals surface area (Å²) in [6.45, 7) is 1.91. The van der Waals surface area contributed by atoms with Crippen molar-refractivity contribution in [2.45, 2.75) is 26.2 Å². The summed E-state index contributed by atoms with van der Waals surface area (Å²) in [5, 5.41) is 5.64. The molecule has 3 rings (SSSR count). The Morgan fingerprint density at radius 2 is 2.00 bits per heavy atom. The number of amides is 1. The zero-order valence-corrected chi connectivity index (χ0v) is 10.9. The maximum Gasteiger partial charge on any atom is 0.262 e. The number of carbonyl (C=O) groups is 1. The van der Waals surface area contributed by atoms with Crippen molar-refractivity contribution >= 4 is 33.5 Å². The predicted octanol–water partition coefficient (Wildman–Crippen LogP) is 2.13. The average molecular weight is 295 g/mol. The molecule has 2 heterocycles. The van der Waals surface area contributed by atoms with Crippen LogP contribution in [0.5, 0.6) is 0 Å². The Bertz CT molecular complexity index is 507. The molecular formula is C11H11BrN4O. The first-order chi connectivity index (χ1) is 8.13. The van der Waals surface area contributed by atoms with E-state index >= 15 is 0 Å². The maximum absolute atomic E-state index is 12.3. The van der Waals surface area contributed by atoms with E-state index in [1.54, 1.807) is 12.4 Å². The summed E-state index contributed by atoms with van der Waals surface area (Å²) in [5.74, 6) is 0.366. The Labute approximate surface area is 107 Å². The van der Waals surface area contributed by atoms with Crippen molar-refractivity contribution in [2.75, 3.05) is 5.01 Å². The van der Waals surface area contributed by atoms with Crippen LogP contribution < -0.4 is 5.01 Å².